The van der Waals surface area contributed by atoms with Gasteiger partial charge in [-0.15, -0.1) is 0 Å². The molecule has 2 rings (SSSR count). The fourth-order valence-corrected chi connectivity index (χ4v) is 3.93. The van der Waals surface area contributed by atoms with Gasteiger partial charge in [-0.2, -0.15) is 0 Å². The highest BCUT2D eigenvalue weighted by molar-refractivity contribution is 5.91. The summed E-state index contributed by atoms with van der Waals surface area (Å²) in [5.41, 5.74) is 1.36. The number of esters is 1. The third-order valence-corrected chi connectivity index (χ3v) is 6.35. The molecule has 0 N–H and O–H groups in total. The summed E-state index contributed by atoms with van der Waals surface area (Å²) < 4.78 is 71.8. The van der Waals surface area contributed by atoms with Crippen LogP contribution in [0.25, 0.3) is 0 Å². The molecule has 0 radical (unpaired) electrons. The van der Waals surface area contributed by atoms with Crippen LogP contribution >= 0.6 is 0 Å². The second kappa shape index (κ2) is 29.8. The Morgan fingerprint density at radius 3 is 1.29 bits per heavy atom. The third kappa shape index (κ3) is 20.9. The Labute approximate surface area is 290 Å². The molecule has 0 heterocycles. The minimum Gasteiger partial charge on any atom is -0.487 e. The molecule has 0 amide bonds. The highest BCUT2D eigenvalue weighted by Crippen LogP contribution is 2.39. The first-order valence-corrected chi connectivity index (χ1v) is 16.4. The van der Waals surface area contributed by atoms with E-state index in [0.29, 0.717) is 103 Å². The Bertz CT molecular complexity index is 1030. The lowest BCUT2D eigenvalue weighted by Gasteiger charge is -2.18. The summed E-state index contributed by atoms with van der Waals surface area (Å²) in [6.07, 6.45) is 0. The minimum atomic E-state index is -0.552. The van der Waals surface area contributed by atoms with Crippen LogP contribution in [0.1, 0.15) is 15.9 Å². The van der Waals surface area contributed by atoms with E-state index < -0.39 is 5.97 Å². The van der Waals surface area contributed by atoms with Crippen LogP contribution in [-0.4, -0.2) is 146 Å². The van der Waals surface area contributed by atoms with Crippen LogP contribution in [0.3, 0.4) is 0 Å². The summed E-state index contributed by atoms with van der Waals surface area (Å²) in [5, 5.41) is 0. The Hall–Kier alpha value is -3.05. The van der Waals surface area contributed by atoms with Crippen LogP contribution in [0.5, 0.6) is 17.2 Å². The van der Waals surface area contributed by atoms with Crippen molar-refractivity contribution in [3.8, 4) is 17.2 Å². The molecule has 0 fully saturated rings. The van der Waals surface area contributed by atoms with Crippen molar-refractivity contribution in [2.45, 2.75) is 6.61 Å². The smallest absolute Gasteiger partial charge is 0.338 e. The zero-order valence-electron chi connectivity index (χ0n) is 29.2. The number of benzene rings is 2. The van der Waals surface area contributed by atoms with Gasteiger partial charge in [0.15, 0.2) is 11.5 Å². The van der Waals surface area contributed by atoms with E-state index in [1.54, 1.807) is 26.4 Å². The Kier molecular flexibility index (Phi) is 25.6. The average Bonchev–Trinajstić information content (AvgIpc) is 3.13. The fourth-order valence-electron chi connectivity index (χ4n) is 3.93. The van der Waals surface area contributed by atoms with Crippen LogP contribution in [0.15, 0.2) is 42.5 Å². The lowest BCUT2D eigenvalue weighted by Crippen LogP contribution is -2.16. The number of methoxy groups -OCH3 is 3. The van der Waals surface area contributed by atoms with Crippen LogP contribution < -0.4 is 14.2 Å². The topological polar surface area (TPSA) is 137 Å². The van der Waals surface area contributed by atoms with Crippen molar-refractivity contribution < 1.29 is 66.4 Å². The molecular weight excluding hydrogens is 644 g/mol. The molecule has 49 heavy (non-hydrogen) atoms. The molecule has 0 saturated carbocycles. The molecule has 0 unspecified atom stereocenters. The van der Waals surface area contributed by atoms with Gasteiger partial charge < -0.3 is 61.6 Å². The lowest BCUT2D eigenvalue weighted by molar-refractivity contribution is 0.00529. The van der Waals surface area contributed by atoms with Gasteiger partial charge in [0.1, 0.15) is 19.8 Å². The predicted molar refractivity (Wildman–Crippen MR) is 179 cm³/mol. The highest BCUT2D eigenvalue weighted by Gasteiger charge is 2.19. The first kappa shape index (κ1) is 42.1. The van der Waals surface area contributed by atoms with Gasteiger partial charge in [-0.3, -0.25) is 0 Å². The third-order valence-electron chi connectivity index (χ3n) is 6.35. The van der Waals surface area contributed by atoms with Crippen molar-refractivity contribution in [1.29, 1.82) is 0 Å². The molecule has 14 nitrogen and oxygen atoms in total. The molecule has 0 atom stereocenters. The van der Waals surface area contributed by atoms with E-state index in [1.165, 1.54) is 7.11 Å². The Morgan fingerprint density at radius 1 is 0.469 bits per heavy atom. The van der Waals surface area contributed by atoms with Gasteiger partial charge in [-0.05, 0) is 17.7 Å². The monoisotopic (exact) mass is 698 g/mol. The summed E-state index contributed by atoms with van der Waals surface area (Å²) in [6, 6.07) is 13.1. The van der Waals surface area contributed by atoms with Gasteiger partial charge in [-0.1, -0.05) is 30.3 Å². The molecule has 0 spiro atoms. The van der Waals surface area contributed by atoms with E-state index in [9.17, 15) is 4.79 Å². The summed E-state index contributed by atoms with van der Waals surface area (Å²) in [5.74, 6) is 0.353. The van der Waals surface area contributed by atoms with Gasteiger partial charge in [0.25, 0.3) is 0 Å². The molecule has 0 bridgehead atoms. The number of rotatable bonds is 33. The van der Waals surface area contributed by atoms with E-state index in [4.69, 9.17) is 61.6 Å². The van der Waals surface area contributed by atoms with Crippen molar-refractivity contribution in [3.05, 3.63) is 53.6 Å². The van der Waals surface area contributed by atoms with Crippen LogP contribution in [0.2, 0.25) is 0 Å². The number of hydrogen-bond donors (Lipinski definition) is 0. The van der Waals surface area contributed by atoms with Crippen LogP contribution in [0.4, 0.5) is 0 Å². The predicted octanol–water partition coefficient (Wildman–Crippen LogP) is 3.22. The maximum atomic E-state index is 12.5. The molecule has 0 aliphatic heterocycles. The normalized spacial score (nSPS) is 11.1. The van der Waals surface area contributed by atoms with Crippen molar-refractivity contribution in [1.82, 2.24) is 0 Å². The lowest BCUT2D eigenvalue weighted by atomic mass is 10.2. The molecule has 0 aliphatic rings. The average molecular weight is 699 g/mol. The standard InChI is InChI=1S/C35H54O14/c1-37-9-11-40-13-16-43-21-24-47-32-27-31(35(36)39-3)28-33(48-25-22-44-17-14-41-12-10-38-2)34(32)49-26-23-45-18-15-42-19-20-46-29-30-7-5-4-6-8-30/h4-8,27-28H,9-26,29H2,1-3H3. The van der Waals surface area contributed by atoms with Gasteiger partial charge in [0, 0.05) is 14.2 Å². The number of ether oxygens (including phenoxy) is 13. The minimum absolute atomic E-state index is 0.188. The summed E-state index contributed by atoms with van der Waals surface area (Å²) in [6.45, 7) is 7.41. The summed E-state index contributed by atoms with van der Waals surface area (Å²) in [4.78, 5) is 12.5. The Balaban J connectivity index is 1.85. The second-order valence-corrected chi connectivity index (χ2v) is 10.0. The van der Waals surface area contributed by atoms with Gasteiger partial charge >= 0.3 is 5.97 Å². The molecule has 0 aromatic heterocycles. The maximum absolute atomic E-state index is 12.5. The Morgan fingerprint density at radius 2 is 0.857 bits per heavy atom. The second-order valence-electron chi connectivity index (χ2n) is 10.0. The maximum Gasteiger partial charge on any atom is 0.338 e. The number of carbonyl (C=O) groups excluding carboxylic acids is 1. The van der Waals surface area contributed by atoms with Crippen molar-refractivity contribution >= 4 is 5.97 Å². The van der Waals surface area contributed by atoms with E-state index >= 15 is 0 Å². The molecule has 0 aliphatic carbocycles. The summed E-state index contributed by atoms with van der Waals surface area (Å²) >= 11 is 0. The molecule has 278 valence electrons. The van der Waals surface area contributed by atoms with Crippen molar-refractivity contribution in [3.63, 3.8) is 0 Å². The molecule has 14 heteroatoms. The van der Waals surface area contributed by atoms with Crippen molar-refractivity contribution in [2.24, 2.45) is 0 Å². The molecule has 2 aromatic rings. The zero-order chi connectivity index (χ0) is 35.0. The van der Waals surface area contributed by atoms with Crippen LogP contribution in [0, 0.1) is 0 Å². The van der Waals surface area contributed by atoms with Crippen LogP contribution in [-0.2, 0) is 54.0 Å². The van der Waals surface area contributed by atoms with E-state index in [-0.39, 0.29) is 45.2 Å². The molecular formula is C35H54O14. The fraction of sp³-hybridized carbons (Fsp3) is 0.629. The van der Waals surface area contributed by atoms with E-state index in [0.717, 1.165) is 5.56 Å². The summed E-state index contributed by atoms with van der Waals surface area (Å²) in [7, 11) is 4.54. The number of hydrogen-bond acceptors (Lipinski definition) is 14. The number of carbonyl (C=O) groups is 1. The van der Waals surface area contributed by atoms with Gasteiger partial charge in [0.05, 0.1) is 118 Å². The van der Waals surface area contributed by atoms with E-state index in [1.807, 2.05) is 30.3 Å². The highest BCUT2D eigenvalue weighted by atomic mass is 16.6. The molecule has 2 aromatic carbocycles. The largest absolute Gasteiger partial charge is 0.487 e. The quantitative estimate of drug-likeness (QED) is 0.0797. The first-order valence-electron chi connectivity index (χ1n) is 16.4. The van der Waals surface area contributed by atoms with Gasteiger partial charge in [0.2, 0.25) is 5.75 Å². The van der Waals surface area contributed by atoms with Crippen molar-refractivity contribution in [2.75, 3.05) is 140 Å². The zero-order valence-corrected chi connectivity index (χ0v) is 29.2. The first-order chi connectivity index (χ1) is 24.2. The molecule has 0 saturated heterocycles. The van der Waals surface area contributed by atoms with E-state index in [2.05, 4.69) is 0 Å². The van der Waals surface area contributed by atoms with Gasteiger partial charge in [-0.25, -0.2) is 4.79 Å². The SMILES string of the molecule is COCCOCCOCCOc1cc(C(=O)OC)cc(OCCOCCOCCOC)c1OCCOCCOCCOCc1ccccc1.